The highest BCUT2D eigenvalue weighted by Gasteiger charge is 2.40. The highest BCUT2D eigenvalue weighted by atomic mass is 35.5. The molecule has 1 saturated carbocycles. The summed E-state index contributed by atoms with van der Waals surface area (Å²) in [4.78, 5) is 24.9. The molecule has 2 atom stereocenters. The van der Waals surface area contributed by atoms with Gasteiger partial charge in [-0.05, 0) is 43.5 Å². The summed E-state index contributed by atoms with van der Waals surface area (Å²) in [5.74, 6) is 0. The predicted molar refractivity (Wildman–Crippen MR) is 71.2 cm³/mol. The Balaban J connectivity index is 1.99. The largest absolute Gasteiger partial charge is 0.352 e. The lowest BCUT2D eigenvalue weighted by molar-refractivity contribution is 0.374. The third-order valence-corrected chi connectivity index (χ3v) is 4.41. The van der Waals surface area contributed by atoms with Gasteiger partial charge in [0.05, 0.1) is 17.8 Å². The van der Waals surface area contributed by atoms with Crippen LogP contribution in [-0.4, -0.2) is 13.9 Å². The van der Waals surface area contributed by atoms with Crippen molar-refractivity contribution < 1.29 is 0 Å². The molecule has 1 fully saturated rings. The van der Waals surface area contributed by atoms with E-state index in [1.54, 1.807) is 33.6 Å². The molecule has 2 bridgehead atoms. The molecule has 0 amide bonds. The minimum Gasteiger partial charge on any atom is -0.245 e. The van der Waals surface area contributed by atoms with Crippen molar-refractivity contribution >= 4 is 11.6 Å². The van der Waals surface area contributed by atoms with E-state index in [9.17, 15) is 9.59 Å². The standard InChI is InChI=1S/C13H12ClN3O2/c14-8-1-3-9(4-2-8)15-12(18)16-10-5-6-11(7-10)17(16)13(15)19/h1-4,10-11H,5-7H2/t10-,11-/m0/s1. The highest BCUT2D eigenvalue weighted by molar-refractivity contribution is 6.30. The molecule has 5 nitrogen and oxygen atoms in total. The van der Waals surface area contributed by atoms with Gasteiger partial charge in [0.2, 0.25) is 0 Å². The molecular formula is C13H12ClN3O2. The van der Waals surface area contributed by atoms with Crippen molar-refractivity contribution in [3.63, 3.8) is 0 Å². The van der Waals surface area contributed by atoms with Crippen LogP contribution in [0.1, 0.15) is 31.3 Å². The van der Waals surface area contributed by atoms with Crippen LogP contribution in [0.3, 0.4) is 0 Å². The van der Waals surface area contributed by atoms with E-state index >= 15 is 0 Å². The first-order chi connectivity index (χ1) is 9.16. The Morgan fingerprint density at radius 1 is 0.947 bits per heavy atom. The molecule has 0 radical (unpaired) electrons. The van der Waals surface area contributed by atoms with E-state index < -0.39 is 0 Å². The minimum absolute atomic E-state index is 0.193. The molecule has 19 heavy (non-hydrogen) atoms. The Morgan fingerprint density at radius 2 is 1.47 bits per heavy atom. The highest BCUT2D eigenvalue weighted by Crippen LogP contribution is 2.41. The van der Waals surface area contributed by atoms with Gasteiger partial charge in [-0.2, -0.15) is 0 Å². The van der Waals surface area contributed by atoms with Crippen LogP contribution in [0.15, 0.2) is 33.9 Å². The Bertz CT molecular complexity index is 727. The van der Waals surface area contributed by atoms with E-state index in [2.05, 4.69) is 0 Å². The molecule has 0 saturated heterocycles. The van der Waals surface area contributed by atoms with Crippen molar-refractivity contribution in [1.82, 2.24) is 13.9 Å². The minimum atomic E-state index is -0.237. The van der Waals surface area contributed by atoms with Gasteiger partial charge in [0, 0.05) is 5.02 Å². The second kappa shape index (κ2) is 3.63. The maximum atomic E-state index is 12.4. The average Bonchev–Trinajstić information content (AvgIpc) is 3.06. The van der Waals surface area contributed by atoms with Crippen LogP contribution >= 0.6 is 11.6 Å². The van der Waals surface area contributed by atoms with Crippen LogP contribution in [0, 0.1) is 0 Å². The van der Waals surface area contributed by atoms with Gasteiger partial charge >= 0.3 is 11.4 Å². The monoisotopic (exact) mass is 277 g/mol. The zero-order chi connectivity index (χ0) is 13.1. The Morgan fingerprint density at radius 3 is 2.00 bits per heavy atom. The Hall–Kier alpha value is -1.75. The second-order valence-electron chi connectivity index (χ2n) is 5.19. The predicted octanol–water partition coefficient (Wildman–Crippen LogP) is 1.73. The lowest BCUT2D eigenvalue weighted by Crippen LogP contribution is -2.28. The molecule has 98 valence electrons. The zero-order valence-electron chi connectivity index (χ0n) is 10.1. The van der Waals surface area contributed by atoms with Gasteiger partial charge < -0.3 is 0 Å². The molecule has 6 heteroatoms. The van der Waals surface area contributed by atoms with Gasteiger partial charge in [0.15, 0.2) is 0 Å². The van der Waals surface area contributed by atoms with E-state index in [0.29, 0.717) is 10.7 Å². The van der Waals surface area contributed by atoms with Crippen LogP contribution in [0.25, 0.3) is 5.69 Å². The number of nitrogens with zero attached hydrogens (tertiary/aromatic N) is 3. The first kappa shape index (κ1) is 11.1. The fraction of sp³-hybridized carbons (Fsp3) is 0.385. The van der Waals surface area contributed by atoms with Crippen molar-refractivity contribution in [2.45, 2.75) is 31.3 Å². The van der Waals surface area contributed by atoms with Crippen LogP contribution in [0.2, 0.25) is 5.02 Å². The first-order valence-electron chi connectivity index (χ1n) is 6.39. The summed E-state index contributed by atoms with van der Waals surface area (Å²) in [5, 5.41) is 0.587. The van der Waals surface area contributed by atoms with Crippen molar-refractivity contribution in [1.29, 1.82) is 0 Å². The fourth-order valence-electron chi connectivity index (χ4n) is 3.33. The van der Waals surface area contributed by atoms with Gasteiger partial charge in [-0.3, -0.25) is 0 Å². The fourth-order valence-corrected chi connectivity index (χ4v) is 3.45. The Labute approximate surface area is 113 Å². The summed E-state index contributed by atoms with van der Waals surface area (Å²) in [6, 6.07) is 7.15. The number of rotatable bonds is 1. The molecular weight excluding hydrogens is 266 g/mol. The second-order valence-corrected chi connectivity index (χ2v) is 5.62. The van der Waals surface area contributed by atoms with Crippen LogP contribution in [-0.2, 0) is 0 Å². The maximum absolute atomic E-state index is 12.4. The van der Waals surface area contributed by atoms with Crippen molar-refractivity contribution in [3.05, 3.63) is 50.3 Å². The quantitative estimate of drug-likeness (QED) is 0.797. The number of hydrogen-bond acceptors (Lipinski definition) is 2. The molecule has 0 N–H and O–H groups in total. The van der Waals surface area contributed by atoms with E-state index in [-0.39, 0.29) is 23.5 Å². The number of hydrogen-bond donors (Lipinski definition) is 0. The van der Waals surface area contributed by atoms with Gasteiger partial charge in [-0.15, -0.1) is 0 Å². The van der Waals surface area contributed by atoms with Crippen molar-refractivity contribution in [2.24, 2.45) is 0 Å². The molecule has 1 aliphatic carbocycles. The van der Waals surface area contributed by atoms with Gasteiger partial charge in [-0.1, -0.05) is 11.6 Å². The van der Waals surface area contributed by atoms with Crippen LogP contribution in [0.5, 0.6) is 0 Å². The van der Waals surface area contributed by atoms with E-state index in [0.717, 1.165) is 19.3 Å². The number of aromatic nitrogens is 3. The Kier molecular flexibility index (Phi) is 2.12. The normalized spacial score (nSPS) is 23.8. The first-order valence-corrected chi connectivity index (χ1v) is 6.76. The molecule has 1 aliphatic heterocycles. The topological polar surface area (TPSA) is 48.9 Å². The molecule has 0 unspecified atom stereocenters. The van der Waals surface area contributed by atoms with E-state index in [1.807, 2.05) is 0 Å². The molecule has 2 aliphatic rings. The van der Waals surface area contributed by atoms with Gasteiger partial charge in [0.25, 0.3) is 0 Å². The third kappa shape index (κ3) is 1.36. The van der Waals surface area contributed by atoms with E-state index in [1.165, 1.54) is 4.57 Å². The molecule has 0 spiro atoms. The number of benzene rings is 1. The number of fused-ring (bicyclic) bond motifs is 5. The lowest BCUT2D eigenvalue weighted by atomic mass is 10.3. The summed E-state index contributed by atoms with van der Waals surface area (Å²) >= 11 is 5.83. The molecule has 2 heterocycles. The maximum Gasteiger partial charge on any atom is 0.352 e. The molecule has 2 aromatic rings. The summed E-state index contributed by atoms with van der Waals surface area (Å²) in [6.45, 7) is 0. The van der Waals surface area contributed by atoms with Crippen molar-refractivity contribution in [3.8, 4) is 5.69 Å². The number of halogens is 1. The molecule has 1 aromatic carbocycles. The SMILES string of the molecule is O=c1n(-c2ccc(Cl)cc2)c(=O)n2n1[C@H]1CC[C@H]2C1. The van der Waals surface area contributed by atoms with Crippen LogP contribution in [0.4, 0.5) is 0 Å². The smallest absolute Gasteiger partial charge is 0.245 e. The average molecular weight is 278 g/mol. The van der Waals surface area contributed by atoms with Crippen LogP contribution < -0.4 is 11.4 Å². The summed E-state index contributed by atoms with van der Waals surface area (Å²) in [6.07, 6.45) is 2.91. The summed E-state index contributed by atoms with van der Waals surface area (Å²) < 4.78 is 4.50. The van der Waals surface area contributed by atoms with Gasteiger partial charge in [-0.25, -0.2) is 23.5 Å². The third-order valence-electron chi connectivity index (χ3n) is 4.16. The van der Waals surface area contributed by atoms with E-state index in [4.69, 9.17) is 11.6 Å². The summed E-state index contributed by atoms with van der Waals surface area (Å²) in [5.41, 5.74) is 0.104. The molecule has 1 aromatic heterocycles. The summed E-state index contributed by atoms with van der Waals surface area (Å²) in [7, 11) is 0. The van der Waals surface area contributed by atoms with Crippen molar-refractivity contribution in [2.75, 3.05) is 0 Å². The van der Waals surface area contributed by atoms with Gasteiger partial charge in [0.1, 0.15) is 0 Å². The zero-order valence-corrected chi connectivity index (χ0v) is 10.9. The molecule has 4 rings (SSSR count). The lowest BCUT2D eigenvalue weighted by Gasteiger charge is -2.13.